The third-order valence-corrected chi connectivity index (χ3v) is 4.62. The zero-order chi connectivity index (χ0) is 19.3. The Morgan fingerprint density at radius 2 is 1.38 bits per heavy atom. The monoisotopic (exact) mass is 356 g/mol. The van der Waals surface area contributed by atoms with Crippen molar-refractivity contribution in [3.63, 3.8) is 0 Å². The van der Waals surface area contributed by atoms with Crippen LogP contribution >= 0.6 is 0 Å². The van der Waals surface area contributed by atoms with E-state index in [4.69, 9.17) is 4.74 Å². The molecule has 2 N–H and O–H groups in total. The van der Waals surface area contributed by atoms with E-state index in [0.29, 0.717) is 17.6 Å². The highest BCUT2D eigenvalue weighted by atomic mass is 16.5. The molecule has 3 heteroatoms. The van der Waals surface area contributed by atoms with Crippen LogP contribution in [0.1, 0.15) is 49.9 Å². The van der Waals surface area contributed by atoms with Gasteiger partial charge >= 0.3 is 0 Å². The lowest BCUT2D eigenvalue weighted by atomic mass is 9.88. The number of rotatable bonds is 8. The van der Waals surface area contributed by atoms with Crippen molar-refractivity contribution in [1.29, 1.82) is 0 Å². The van der Waals surface area contributed by atoms with Gasteiger partial charge in [-0.15, -0.1) is 0 Å². The molecule has 0 aliphatic heterocycles. The van der Waals surface area contributed by atoms with Crippen LogP contribution in [0.15, 0.2) is 30.3 Å². The van der Waals surface area contributed by atoms with E-state index in [1.807, 2.05) is 12.1 Å². The van der Waals surface area contributed by atoms with Gasteiger partial charge in [-0.1, -0.05) is 45.9 Å². The molecular weight excluding hydrogens is 324 g/mol. The lowest BCUT2D eigenvalue weighted by Crippen LogP contribution is -2.04. The van der Waals surface area contributed by atoms with Gasteiger partial charge in [-0.25, -0.2) is 0 Å². The molecule has 2 aromatic carbocycles. The van der Waals surface area contributed by atoms with E-state index in [0.717, 1.165) is 35.1 Å². The molecule has 0 amide bonds. The van der Waals surface area contributed by atoms with Gasteiger partial charge in [0.25, 0.3) is 0 Å². The van der Waals surface area contributed by atoms with Crippen LogP contribution in [0.4, 0.5) is 0 Å². The Bertz CT molecular complexity index is 732. The third kappa shape index (κ3) is 4.87. The minimum absolute atomic E-state index is 0.0648. The molecule has 0 heterocycles. The van der Waals surface area contributed by atoms with Crippen LogP contribution < -0.4 is 4.74 Å². The van der Waals surface area contributed by atoms with E-state index >= 15 is 0 Å². The summed E-state index contributed by atoms with van der Waals surface area (Å²) >= 11 is 0. The molecule has 0 spiro atoms. The second-order valence-electron chi connectivity index (χ2n) is 7.82. The van der Waals surface area contributed by atoms with E-state index in [-0.39, 0.29) is 13.2 Å². The van der Waals surface area contributed by atoms with Gasteiger partial charge in [0.2, 0.25) is 0 Å². The number of methoxy groups -OCH3 is 1. The minimum Gasteiger partial charge on any atom is -0.496 e. The van der Waals surface area contributed by atoms with Gasteiger partial charge in [0, 0.05) is 5.56 Å². The first kappa shape index (κ1) is 20.5. The van der Waals surface area contributed by atoms with Crippen molar-refractivity contribution in [3.8, 4) is 16.9 Å². The fraction of sp³-hybridized carbons (Fsp3) is 0.478. The van der Waals surface area contributed by atoms with E-state index < -0.39 is 0 Å². The van der Waals surface area contributed by atoms with Crippen molar-refractivity contribution in [2.24, 2.45) is 11.8 Å². The predicted molar refractivity (Wildman–Crippen MR) is 107 cm³/mol. The van der Waals surface area contributed by atoms with Gasteiger partial charge in [-0.3, -0.25) is 0 Å². The highest BCUT2D eigenvalue weighted by molar-refractivity contribution is 5.71. The summed E-state index contributed by atoms with van der Waals surface area (Å²) < 4.78 is 5.34. The van der Waals surface area contributed by atoms with Crippen LogP contribution in [-0.4, -0.2) is 17.3 Å². The van der Waals surface area contributed by atoms with Crippen LogP contribution in [0.5, 0.6) is 5.75 Å². The first-order valence-corrected chi connectivity index (χ1v) is 9.43. The Morgan fingerprint density at radius 3 is 1.92 bits per heavy atom. The number of hydrogen-bond acceptors (Lipinski definition) is 3. The zero-order valence-electron chi connectivity index (χ0n) is 16.7. The number of ether oxygens (including phenoxy) is 1. The molecule has 0 aliphatic carbocycles. The third-order valence-electron chi connectivity index (χ3n) is 4.62. The second-order valence-corrected chi connectivity index (χ2v) is 7.82. The molecular formula is C23H32O3. The van der Waals surface area contributed by atoms with Crippen LogP contribution in [-0.2, 0) is 26.1 Å². The smallest absolute Gasteiger partial charge is 0.124 e. The van der Waals surface area contributed by atoms with E-state index in [1.165, 1.54) is 11.1 Å². The summed E-state index contributed by atoms with van der Waals surface area (Å²) in [7, 11) is 1.58. The quantitative estimate of drug-likeness (QED) is 0.718. The molecule has 0 radical (unpaired) electrons. The molecule has 0 saturated carbocycles. The van der Waals surface area contributed by atoms with Crippen LogP contribution in [0.3, 0.4) is 0 Å². The Balaban J connectivity index is 2.57. The highest BCUT2D eigenvalue weighted by Crippen LogP contribution is 2.33. The van der Waals surface area contributed by atoms with Gasteiger partial charge in [-0.05, 0) is 64.6 Å². The first-order chi connectivity index (χ1) is 12.4. The molecule has 0 aromatic heterocycles. The molecule has 26 heavy (non-hydrogen) atoms. The maximum absolute atomic E-state index is 9.83. The van der Waals surface area contributed by atoms with Crippen molar-refractivity contribution >= 4 is 0 Å². The Kier molecular flexibility index (Phi) is 7.24. The van der Waals surface area contributed by atoms with Gasteiger partial charge in [0.15, 0.2) is 0 Å². The standard InChI is InChI=1S/C23H32O3/c1-15(2)8-17-6-7-18(10-19(17)9-16(3)4)22-11-21(14-25)23(26-5)12-20(22)13-24/h6-7,10-12,15-16,24-25H,8-9,13-14H2,1-5H3. The molecule has 0 fully saturated rings. The maximum Gasteiger partial charge on any atom is 0.124 e. The van der Waals surface area contributed by atoms with Crippen molar-refractivity contribution in [1.82, 2.24) is 0 Å². The largest absolute Gasteiger partial charge is 0.496 e. The maximum atomic E-state index is 9.83. The SMILES string of the molecule is COc1cc(CO)c(-c2ccc(CC(C)C)c(CC(C)C)c2)cc1CO. The van der Waals surface area contributed by atoms with Gasteiger partial charge in [0.05, 0.1) is 20.3 Å². The van der Waals surface area contributed by atoms with Crippen LogP contribution in [0.2, 0.25) is 0 Å². The van der Waals surface area contributed by atoms with Crippen molar-refractivity contribution in [3.05, 3.63) is 52.6 Å². The molecule has 0 saturated heterocycles. The average molecular weight is 357 g/mol. The summed E-state index contributed by atoms with van der Waals surface area (Å²) in [6, 6.07) is 10.4. The lowest BCUT2D eigenvalue weighted by molar-refractivity contribution is 0.270. The number of aliphatic hydroxyl groups is 2. The predicted octanol–water partition coefficient (Wildman–Crippen LogP) is 4.74. The van der Waals surface area contributed by atoms with E-state index in [1.54, 1.807) is 7.11 Å². The van der Waals surface area contributed by atoms with Crippen molar-refractivity contribution in [2.45, 2.75) is 53.8 Å². The number of benzene rings is 2. The van der Waals surface area contributed by atoms with Crippen molar-refractivity contribution < 1.29 is 14.9 Å². The van der Waals surface area contributed by atoms with Crippen molar-refractivity contribution in [2.75, 3.05) is 7.11 Å². The van der Waals surface area contributed by atoms with E-state index in [9.17, 15) is 10.2 Å². The Labute approximate surface area is 157 Å². The van der Waals surface area contributed by atoms with Crippen LogP contribution in [0.25, 0.3) is 11.1 Å². The summed E-state index contributed by atoms with van der Waals surface area (Å²) in [5.74, 6) is 1.80. The number of aliphatic hydroxyl groups excluding tert-OH is 2. The summed E-state index contributed by atoms with van der Waals surface area (Å²) in [5, 5.41) is 19.5. The molecule has 2 aromatic rings. The molecule has 2 rings (SSSR count). The summed E-state index contributed by atoms with van der Waals surface area (Å²) in [6.07, 6.45) is 2.10. The Hall–Kier alpha value is -1.84. The average Bonchev–Trinajstić information content (AvgIpc) is 2.61. The van der Waals surface area contributed by atoms with Gasteiger partial charge < -0.3 is 14.9 Å². The molecule has 0 atom stereocenters. The second kappa shape index (κ2) is 9.20. The first-order valence-electron chi connectivity index (χ1n) is 9.43. The normalized spacial score (nSPS) is 11.4. The molecule has 3 nitrogen and oxygen atoms in total. The highest BCUT2D eigenvalue weighted by Gasteiger charge is 2.14. The molecule has 0 aliphatic rings. The van der Waals surface area contributed by atoms with Gasteiger partial charge in [0.1, 0.15) is 5.75 Å². The summed E-state index contributed by atoms with van der Waals surface area (Å²) in [6.45, 7) is 8.81. The molecule has 0 unspecified atom stereocenters. The van der Waals surface area contributed by atoms with E-state index in [2.05, 4.69) is 45.9 Å². The minimum atomic E-state index is -0.0911. The molecule has 0 bridgehead atoms. The van der Waals surface area contributed by atoms with Crippen LogP contribution in [0, 0.1) is 11.8 Å². The lowest BCUT2D eigenvalue weighted by Gasteiger charge is -2.18. The summed E-state index contributed by atoms with van der Waals surface area (Å²) in [4.78, 5) is 0. The Morgan fingerprint density at radius 1 is 0.769 bits per heavy atom. The number of hydrogen-bond donors (Lipinski definition) is 2. The van der Waals surface area contributed by atoms with Gasteiger partial charge in [-0.2, -0.15) is 0 Å². The summed E-state index contributed by atoms with van der Waals surface area (Å²) in [5.41, 5.74) is 6.35. The topological polar surface area (TPSA) is 49.7 Å². The molecule has 142 valence electrons. The fourth-order valence-corrected chi connectivity index (χ4v) is 3.44. The zero-order valence-corrected chi connectivity index (χ0v) is 16.7. The fourth-order valence-electron chi connectivity index (χ4n) is 3.44.